The van der Waals surface area contributed by atoms with Gasteiger partial charge in [0.05, 0.1) is 27.9 Å². The molecule has 0 amide bonds. The molecule has 0 aliphatic carbocycles. The molecule has 126 valence electrons. The molecule has 2 rings (SSSR count). The molecular formula is C17H23NO5. The largest absolute Gasteiger partial charge is 0.493 e. The van der Waals surface area contributed by atoms with Crippen LogP contribution in [0.5, 0.6) is 17.2 Å². The molecule has 0 saturated heterocycles. The first-order chi connectivity index (χ1) is 11.0. The van der Waals surface area contributed by atoms with Gasteiger partial charge in [-0.1, -0.05) is 0 Å². The minimum Gasteiger partial charge on any atom is -0.493 e. The smallest absolute Gasteiger partial charge is 0.332 e. The fourth-order valence-electron chi connectivity index (χ4n) is 2.78. The number of hydrogen-bond donors (Lipinski definition) is 1. The summed E-state index contributed by atoms with van der Waals surface area (Å²) in [5.74, 6) is 1.35. The van der Waals surface area contributed by atoms with Gasteiger partial charge in [-0.2, -0.15) is 0 Å². The Labute approximate surface area is 136 Å². The number of rotatable bonds is 5. The van der Waals surface area contributed by atoms with E-state index in [0.29, 0.717) is 29.6 Å². The Morgan fingerprint density at radius 3 is 2.52 bits per heavy atom. The number of benzene rings is 1. The molecule has 0 fully saturated rings. The second-order valence-corrected chi connectivity index (χ2v) is 5.23. The summed E-state index contributed by atoms with van der Waals surface area (Å²) in [5.41, 5.74) is 2.52. The molecule has 1 aliphatic heterocycles. The Kier molecular flexibility index (Phi) is 5.36. The van der Waals surface area contributed by atoms with E-state index in [0.717, 1.165) is 17.5 Å². The standard InChI is InChI=1S/C17H23NO5/c1-6-23-15(19)9-13-11-8-14(20-3)17(22-5)16(21-4)12(11)7-10(2)18-13/h8-10,18H,6-7H2,1-5H3/t10-/m0/s1. The highest BCUT2D eigenvalue weighted by Crippen LogP contribution is 2.45. The van der Waals surface area contributed by atoms with Crippen molar-refractivity contribution in [3.63, 3.8) is 0 Å². The van der Waals surface area contributed by atoms with Crippen molar-refractivity contribution < 1.29 is 23.7 Å². The number of hydrogen-bond acceptors (Lipinski definition) is 6. The highest BCUT2D eigenvalue weighted by atomic mass is 16.5. The van der Waals surface area contributed by atoms with Gasteiger partial charge in [-0.05, 0) is 26.3 Å². The summed E-state index contributed by atoms with van der Waals surface area (Å²) in [4.78, 5) is 11.8. The number of fused-ring (bicyclic) bond motifs is 1. The molecule has 1 N–H and O–H groups in total. The fourth-order valence-corrected chi connectivity index (χ4v) is 2.78. The van der Waals surface area contributed by atoms with E-state index >= 15 is 0 Å². The molecule has 0 unspecified atom stereocenters. The summed E-state index contributed by atoms with van der Waals surface area (Å²) in [7, 11) is 4.74. The van der Waals surface area contributed by atoms with Gasteiger partial charge in [0.15, 0.2) is 11.5 Å². The topological polar surface area (TPSA) is 66.0 Å². The molecule has 0 radical (unpaired) electrons. The van der Waals surface area contributed by atoms with Crippen LogP contribution in [0.1, 0.15) is 25.0 Å². The second-order valence-electron chi connectivity index (χ2n) is 5.23. The van der Waals surface area contributed by atoms with Crippen molar-refractivity contribution in [3.05, 3.63) is 23.3 Å². The van der Waals surface area contributed by atoms with Crippen LogP contribution in [0, 0.1) is 0 Å². The number of methoxy groups -OCH3 is 3. The van der Waals surface area contributed by atoms with Crippen LogP contribution in [-0.4, -0.2) is 39.9 Å². The predicted molar refractivity (Wildman–Crippen MR) is 87.0 cm³/mol. The third-order valence-corrected chi connectivity index (χ3v) is 3.68. The SMILES string of the molecule is CCOC(=O)C=C1N[C@@H](C)Cc2c1cc(OC)c(OC)c2OC. The van der Waals surface area contributed by atoms with Crippen LogP contribution in [0.4, 0.5) is 0 Å². The number of nitrogens with one attached hydrogen (secondary N) is 1. The highest BCUT2D eigenvalue weighted by Gasteiger charge is 2.28. The molecule has 1 heterocycles. The summed E-state index contributed by atoms with van der Waals surface area (Å²) in [6.45, 7) is 4.15. The molecular weight excluding hydrogens is 298 g/mol. The summed E-state index contributed by atoms with van der Waals surface area (Å²) in [6.07, 6.45) is 2.21. The molecule has 0 aromatic heterocycles. The van der Waals surface area contributed by atoms with Gasteiger partial charge >= 0.3 is 5.97 Å². The van der Waals surface area contributed by atoms with Crippen molar-refractivity contribution >= 4 is 11.7 Å². The molecule has 1 aromatic rings. The van der Waals surface area contributed by atoms with Crippen LogP contribution in [0.3, 0.4) is 0 Å². The summed E-state index contributed by atoms with van der Waals surface area (Å²) < 4.78 is 21.4. The van der Waals surface area contributed by atoms with Gasteiger partial charge in [0.1, 0.15) is 0 Å². The van der Waals surface area contributed by atoms with Crippen LogP contribution in [-0.2, 0) is 16.0 Å². The monoisotopic (exact) mass is 321 g/mol. The van der Waals surface area contributed by atoms with Gasteiger partial charge in [0, 0.05) is 28.9 Å². The van der Waals surface area contributed by atoms with E-state index in [1.54, 1.807) is 28.3 Å². The van der Waals surface area contributed by atoms with E-state index < -0.39 is 0 Å². The van der Waals surface area contributed by atoms with E-state index in [1.807, 2.05) is 13.0 Å². The normalized spacial score (nSPS) is 18.0. The Morgan fingerprint density at radius 2 is 1.96 bits per heavy atom. The van der Waals surface area contributed by atoms with Crippen molar-refractivity contribution in [3.8, 4) is 17.2 Å². The van der Waals surface area contributed by atoms with Crippen molar-refractivity contribution in [1.29, 1.82) is 0 Å². The molecule has 23 heavy (non-hydrogen) atoms. The van der Waals surface area contributed by atoms with Crippen LogP contribution in [0.15, 0.2) is 12.1 Å². The van der Waals surface area contributed by atoms with Gasteiger partial charge < -0.3 is 24.3 Å². The Bertz CT molecular complexity index is 624. The lowest BCUT2D eigenvalue weighted by molar-refractivity contribution is -0.137. The highest BCUT2D eigenvalue weighted by molar-refractivity contribution is 5.92. The molecule has 1 atom stereocenters. The number of carbonyl (C=O) groups is 1. The van der Waals surface area contributed by atoms with Crippen molar-refractivity contribution in [2.45, 2.75) is 26.3 Å². The summed E-state index contributed by atoms with van der Waals surface area (Å²) in [6, 6.07) is 2.00. The average molecular weight is 321 g/mol. The first-order valence-corrected chi connectivity index (χ1v) is 7.52. The minimum absolute atomic E-state index is 0.148. The van der Waals surface area contributed by atoms with Gasteiger partial charge in [-0.15, -0.1) is 0 Å². The second kappa shape index (κ2) is 7.26. The molecule has 1 aliphatic rings. The molecule has 6 nitrogen and oxygen atoms in total. The quantitative estimate of drug-likeness (QED) is 0.662. The van der Waals surface area contributed by atoms with Gasteiger partial charge in [-0.3, -0.25) is 0 Å². The lowest BCUT2D eigenvalue weighted by Gasteiger charge is -2.29. The molecule has 0 spiro atoms. The Morgan fingerprint density at radius 1 is 1.26 bits per heavy atom. The number of carbonyl (C=O) groups excluding carboxylic acids is 1. The number of esters is 1. The molecule has 0 bridgehead atoms. The predicted octanol–water partition coefficient (Wildman–Crippen LogP) is 2.15. The van der Waals surface area contributed by atoms with E-state index in [-0.39, 0.29) is 12.0 Å². The van der Waals surface area contributed by atoms with E-state index in [4.69, 9.17) is 18.9 Å². The maximum atomic E-state index is 11.8. The minimum atomic E-state index is -0.385. The zero-order valence-electron chi connectivity index (χ0n) is 14.2. The Balaban J connectivity index is 2.62. The maximum absolute atomic E-state index is 11.8. The van der Waals surface area contributed by atoms with E-state index in [1.165, 1.54) is 6.08 Å². The van der Waals surface area contributed by atoms with E-state index in [2.05, 4.69) is 5.32 Å². The van der Waals surface area contributed by atoms with Gasteiger partial charge in [0.2, 0.25) is 5.75 Å². The maximum Gasteiger partial charge on any atom is 0.332 e. The van der Waals surface area contributed by atoms with Crippen molar-refractivity contribution in [2.75, 3.05) is 27.9 Å². The van der Waals surface area contributed by atoms with Crippen LogP contribution in [0.25, 0.3) is 5.70 Å². The third kappa shape index (κ3) is 3.36. The third-order valence-electron chi connectivity index (χ3n) is 3.68. The lowest BCUT2D eigenvalue weighted by Crippen LogP contribution is -2.33. The number of ether oxygens (including phenoxy) is 4. The van der Waals surface area contributed by atoms with Crippen molar-refractivity contribution in [2.24, 2.45) is 0 Å². The van der Waals surface area contributed by atoms with E-state index in [9.17, 15) is 4.79 Å². The average Bonchev–Trinajstić information content (AvgIpc) is 2.53. The zero-order chi connectivity index (χ0) is 17.0. The van der Waals surface area contributed by atoms with Gasteiger partial charge in [0.25, 0.3) is 0 Å². The summed E-state index contributed by atoms with van der Waals surface area (Å²) >= 11 is 0. The molecule has 0 saturated carbocycles. The fraction of sp³-hybridized carbons (Fsp3) is 0.471. The van der Waals surface area contributed by atoms with Crippen LogP contribution >= 0.6 is 0 Å². The first kappa shape index (κ1) is 17.0. The molecule has 6 heteroatoms. The van der Waals surface area contributed by atoms with Gasteiger partial charge in [-0.25, -0.2) is 4.79 Å². The Hall–Kier alpha value is -2.37. The zero-order valence-corrected chi connectivity index (χ0v) is 14.2. The van der Waals surface area contributed by atoms with Crippen LogP contribution in [0.2, 0.25) is 0 Å². The van der Waals surface area contributed by atoms with Crippen LogP contribution < -0.4 is 19.5 Å². The first-order valence-electron chi connectivity index (χ1n) is 7.52. The molecule has 1 aromatic carbocycles. The summed E-state index contributed by atoms with van der Waals surface area (Å²) in [5, 5.41) is 3.31. The lowest BCUT2D eigenvalue weighted by atomic mass is 9.92. The van der Waals surface area contributed by atoms with Crippen molar-refractivity contribution in [1.82, 2.24) is 5.32 Å².